The lowest BCUT2D eigenvalue weighted by molar-refractivity contribution is -0.136. The first-order valence-electron chi connectivity index (χ1n) is 7.07. The molecule has 0 amide bonds. The summed E-state index contributed by atoms with van der Waals surface area (Å²) >= 11 is 3.58. The second-order valence-corrected chi connectivity index (χ2v) is 6.22. The normalized spacial score (nSPS) is 10.5. The third-order valence-corrected chi connectivity index (χ3v) is 4.95. The van der Waals surface area contributed by atoms with Crippen LogP contribution in [0.1, 0.15) is 27.8 Å². The molecule has 2 rings (SSSR count). The topological polar surface area (TPSA) is 46.5 Å². The van der Waals surface area contributed by atoms with Crippen molar-refractivity contribution in [1.82, 2.24) is 0 Å². The fraction of sp³-hybridized carbons (Fsp3) is 0.278. The van der Waals surface area contributed by atoms with Crippen molar-refractivity contribution in [3.8, 4) is 5.75 Å². The van der Waals surface area contributed by atoms with Crippen molar-refractivity contribution in [3.63, 3.8) is 0 Å². The summed E-state index contributed by atoms with van der Waals surface area (Å²) in [5.74, 6) is 0.0632. The van der Waals surface area contributed by atoms with E-state index < -0.39 is 5.97 Å². The Labute approximate surface area is 139 Å². The molecule has 0 fully saturated rings. The van der Waals surface area contributed by atoms with Gasteiger partial charge in [-0.25, -0.2) is 0 Å². The Bertz CT molecular complexity index is 690. The SMILES string of the molecule is Cc1cc(OCc2ccc(CC(=O)O)cc2)c(C)c(C)c1Br. The number of aliphatic carboxylic acids is 1. The molecule has 4 heteroatoms. The summed E-state index contributed by atoms with van der Waals surface area (Å²) in [6.45, 7) is 6.63. The van der Waals surface area contributed by atoms with E-state index in [1.165, 1.54) is 5.56 Å². The lowest BCUT2D eigenvalue weighted by Gasteiger charge is -2.14. The van der Waals surface area contributed by atoms with Gasteiger partial charge in [-0.2, -0.15) is 0 Å². The number of carboxylic acids is 1. The van der Waals surface area contributed by atoms with Gasteiger partial charge in [0.2, 0.25) is 0 Å². The number of carbonyl (C=O) groups is 1. The molecule has 0 radical (unpaired) electrons. The summed E-state index contributed by atoms with van der Waals surface area (Å²) in [6.07, 6.45) is 0.0470. The Kier molecular flexibility index (Phi) is 5.24. The Morgan fingerprint density at radius 3 is 2.27 bits per heavy atom. The maximum Gasteiger partial charge on any atom is 0.307 e. The molecule has 0 unspecified atom stereocenters. The summed E-state index contributed by atoms with van der Waals surface area (Å²) in [5, 5.41) is 8.76. The largest absolute Gasteiger partial charge is 0.489 e. The third kappa shape index (κ3) is 3.89. The van der Waals surface area contributed by atoms with Crippen LogP contribution in [0.4, 0.5) is 0 Å². The quantitative estimate of drug-likeness (QED) is 0.846. The second-order valence-electron chi connectivity index (χ2n) is 5.43. The van der Waals surface area contributed by atoms with E-state index in [1.54, 1.807) is 0 Å². The molecule has 0 bridgehead atoms. The Hall–Kier alpha value is -1.81. The highest BCUT2D eigenvalue weighted by Gasteiger charge is 2.09. The van der Waals surface area contributed by atoms with Crippen LogP contribution in [0.3, 0.4) is 0 Å². The van der Waals surface area contributed by atoms with Crippen LogP contribution >= 0.6 is 15.9 Å². The molecule has 0 saturated carbocycles. The van der Waals surface area contributed by atoms with Gasteiger partial charge in [-0.15, -0.1) is 0 Å². The van der Waals surface area contributed by atoms with Crippen molar-refractivity contribution in [3.05, 3.63) is 62.6 Å². The van der Waals surface area contributed by atoms with Crippen LogP contribution in [0.15, 0.2) is 34.8 Å². The average molecular weight is 363 g/mol. The number of ether oxygens (including phenoxy) is 1. The predicted molar refractivity (Wildman–Crippen MR) is 90.5 cm³/mol. The second kappa shape index (κ2) is 6.97. The minimum Gasteiger partial charge on any atom is -0.489 e. The lowest BCUT2D eigenvalue weighted by atomic mass is 10.1. The highest BCUT2D eigenvalue weighted by molar-refractivity contribution is 9.10. The van der Waals surface area contributed by atoms with E-state index >= 15 is 0 Å². The van der Waals surface area contributed by atoms with Crippen LogP contribution in [0.25, 0.3) is 0 Å². The first kappa shape index (κ1) is 16.6. The van der Waals surface area contributed by atoms with Crippen molar-refractivity contribution in [1.29, 1.82) is 0 Å². The van der Waals surface area contributed by atoms with Gasteiger partial charge in [-0.3, -0.25) is 4.79 Å². The molecule has 0 spiro atoms. The molecular weight excluding hydrogens is 344 g/mol. The van der Waals surface area contributed by atoms with E-state index in [1.807, 2.05) is 44.2 Å². The Morgan fingerprint density at radius 1 is 1.09 bits per heavy atom. The van der Waals surface area contributed by atoms with Crippen molar-refractivity contribution in [2.24, 2.45) is 0 Å². The van der Waals surface area contributed by atoms with Crippen molar-refractivity contribution >= 4 is 21.9 Å². The lowest BCUT2D eigenvalue weighted by Crippen LogP contribution is -2.02. The minimum absolute atomic E-state index is 0.0470. The van der Waals surface area contributed by atoms with E-state index in [4.69, 9.17) is 9.84 Å². The number of rotatable bonds is 5. The summed E-state index contributed by atoms with van der Waals surface area (Å²) < 4.78 is 7.04. The first-order valence-corrected chi connectivity index (χ1v) is 7.86. The molecule has 2 aromatic carbocycles. The smallest absolute Gasteiger partial charge is 0.307 e. The van der Waals surface area contributed by atoms with Crippen molar-refractivity contribution in [2.45, 2.75) is 33.8 Å². The molecule has 0 saturated heterocycles. The number of carboxylic acid groups (broad SMARTS) is 1. The molecule has 3 nitrogen and oxygen atoms in total. The van der Waals surface area contributed by atoms with Gasteiger partial charge in [0.25, 0.3) is 0 Å². The number of aryl methyl sites for hydroxylation is 1. The molecule has 0 heterocycles. The predicted octanol–water partition coefficient (Wildman–Crippen LogP) is 4.58. The third-order valence-electron chi connectivity index (χ3n) is 3.73. The molecule has 0 aromatic heterocycles. The molecule has 0 atom stereocenters. The van der Waals surface area contributed by atoms with Gasteiger partial charge in [0.1, 0.15) is 12.4 Å². The Morgan fingerprint density at radius 2 is 1.68 bits per heavy atom. The number of halogens is 1. The van der Waals surface area contributed by atoms with Gasteiger partial charge in [0.15, 0.2) is 0 Å². The summed E-state index contributed by atoms with van der Waals surface area (Å²) in [5.41, 5.74) is 5.27. The van der Waals surface area contributed by atoms with Crippen LogP contribution in [-0.2, 0) is 17.8 Å². The van der Waals surface area contributed by atoms with Gasteiger partial charge < -0.3 is 9.84 Å². The first-order chi connectivity index (χ1) is 10.4. The van der Waals surface area contributed by atoms with Crippen molar-refractivity contribution in [2.75, 3.05) is 0 Å². The molecule has 2 aromatic rings. The Balaban J connectivity index is 2.09. The zero-order valence-corrected chi connectivity index (χ0v) is 14.5. The van der Waals surface area contributed by atoms with Crippen LogP contribution in [0.2, 0.25) is 0 Å². The van der Waals surface area contributed by atoms with E-state index in [0.29, 0.717) is 6.61 Å². The summed E-state index contributed by atoms with van der Waals surface area (Å²) in [6, 6.07) is 9.51. The molecular formula is C18H19BrO3. The van der Waals surface area contributed by atoms with Crippen LogP contribution in [0.5, 0.6) is 5.75 Å². The maximum absolute atomic E-state index is 10.7. The molecule has 22 heavy (non-hydrogen) atoms. The fourth-order valence-electron chi connectivity index (χ4n) is 2.25. The molecule has 116 valence electrons. The van der Waals surface area contributed by atoms with Crippen LogP contribution < -0.4 is 4.74 Å². The van der Waals surface area contributed by atoms with E-state index in [-0.39, 0.29) is 6.42 Å². The summed E-state index contributed by atoms with van der Waals surface area (Å²) in [7, 11) is 0. The van der Waals surface area contributed by atoms with Gasteiger partial charge in [-0.05, 0) is 54.7 Å². The number of hydrogen-bond donors (Lipinski definition) is 1. The molecule has 0 aliphatic heterocycles. The van der Waals surface area contributed by atoms with Crippen molar-refractivity contribution < 1.29 is 14.6 Å². The standard InChI is InChI=1S/C18H19BrO3/c1-11-8-16(12(2)13(3)18(11)19)22-10-15-6-4-14(5-7-15)9-17(20)21/h4-8H,9-10H2,1-3H3,(H,20,21). The van der Waals surface area contributed by atoms with E-state index in [0.717, 1.165) is 32.5 Å². The summed E-state index contributed by atoms with van der Waals surface area (Å²) in [4.78, 5) is 10.7. The maximum atomic E-state index is 10.7. The monoisotopic (exact) mass is 362 g/mol. The highest BCUT2D eigenvalue weighted by atomic mass is 79.9. The molecule has 0 aliphatic rings. The number of benzene rings is 2. The zero-order valence-electron chi connectivity index (χ0n) is 12.9. The minimum atomic E-state index is -0.819. The van der Waals surface area contributed by atoms with Crippen LogP contribution in [-0.4, -0.2) is 11.1 Å². The van der Waals surface area contributed by atoms with Gasteiger partial charge >= 0.3 is 5.97 Å². The van der Waals surface area contributed by atoms with Gasteiger partial charge in [0, 0.05) is 4.47 Å². The van der Waals surface area contributed by atoms with E-state index in [9.17, 15) is 4.79 Å². The van der Waals surface area contributed by atoms with Gasteiger partial charge in [-0.1, -0.05) is 40.2 Å². The molecule has 1 N–H and O–H groups in total. The van der Waals surface area contributed by atoms with Gasteiger partial charge in [0.05, 0.1) is 6.42 Å². The van der Waals surface area contributed by atoms with E-state index in [2.05, 4.69) is 22.9 Å². The average Bonchev–Trinajstić information content (AvgIpc) is 2.48. The number of hydrogen-bond acceptors (Lipinski definition) is 2. The molecule has 0 aliphatic carbocycles. The zero-order chi connectivity index (χ0) is 16.3. The fourth-order valence-corrected chi connectivity index (χ4v) is 2.66. The van der Waals surface area contributed by atoms with Crippen LogP contribution in [0, 0.1) is 20.8 Å². The highest BCUT2D eigenvalue weighted by Crippen LogP contribution is 2.31.